The van der Waals surface area contributed by atoms with Gasteiger partial charge in [0.2, 0.25) is 5.91 Å². The SMILES string of the molecule is CCOC(=O)CCCNC(=O)CCN1CCSC1=O. The van der Waals surface area contributed by atoms with Gasteiger partial charge in [-0.1, -0.05) is 11.8 Å². The minimum Gasteiger partial charge on any atom is -0.466 e. The fourth-order valence-corrected chi connectivity index (χ4v) is 2.50. The second kappa shape index (κ2) is 8.79. The summed E-state index contributed by atoms with van der Waals surface area (Å²) >= 11 is 1.29. The number of esters is 1. The van der Waals surface area contributed by atoms with Gasteiger partial charge in [0.25, 0.3) is 5.24 Å². The summed E-state index contributed by atoms with van der Waals surface area (Å²) < 4.78 is 4.78. The molecule has 0 saturated carbocycles. The van der Waals surface area contributed by atoms with Crippen LogP contribution in [-0.2, 0) is 14.3 Å². The zero-order valence-corrected chi connectivity index (χ0v) is 12.0. The van der Waals surface area contributed by atoms with Crippen molar-refractivity contribution in [2.75, 3.05) is 32.0 Å². The van der Waals surface area contributed by atoms with Crippen LogP contribution in [0.1, 0.15) is 26.2 Å². The highest BCUT2D eigenvalue weighted by Crippen LogP contribution is 2.16. The van der Waals surface area contributed by atoms with E-state index in [-0.39, 0.29) is 17.1 Å². The Balaban J connectivity index is 2.02. The lowest BCUT2D eigenvalue weighted by molar-refractivity contribution is -0.143. The Bertz CT molecular complexity index is 336. The molecule has 1 aliphatic rings. The van der Waals surface area contributed by atoms with E-state index in [4.69, 9.17) is 4.74 Å². The van der Waals surface area contributed by atoms with Crippen LogP contribution in [0.5, 0.6) is 0 Å². The minimum atomic E-state index is -0.239. The number of carbonyl (C=O) groups excluding carboxylic acids is 3. The molecule has 0 aromatic carbocycles. The van der Waals surface area contributed by atoms with Gasteiger partial charge in [-0.3, -0.25) is 14.4 Å². The molecule has 1 aliphatic heterocycles. The van der Waals surface area contributed by atoms with Crippen LogP contribution in [0.2, 0.25) is 0 Å². The standard InChI is InChI=1S/C12H20N2O4S/c1-2-18-11(16)4-3-6-13-10(15)5-7-14-8-9-19-12(14)17/h2-9H2,1H3,(H,13,15). The van der Waals surface area contributed by atoms with E-state index in [0.717, 1.165) is 12.3 Å². The summed E-state index contributed by atoms with van der Waals surface area (Å²) in [6.45, 7) is 3.79. The Hall–Kier alpha value is -1.24. The molecule has 0 bridgehead atoms. The van der Waals surface area contributed by atoms with Crippen molar-refractivity contribution in [3.05, 3.63) is 0 Å². The van der Waals surface area contributed by atoms with Gasteiger partial charge in [0.15, 0.2) is 0 Å². The minimum absolute atomic E-state index is 0.0510. The normalized spacial score (nSPS) is 14.6. The Kier molecular flexibility index (Phi) is 7.32. The van der Waals surface area contributed by atoms with E-state index in [2.05, 4.69) is 5.32 Å². The maximum atomic E-state index is 11.5. The quantitative estimate of drug-likeness (QED) is 0.533. The molecule has 1 heterocycles. The van der Waals surface area contributed by atoms with E-state index in [9.17, 15) is 14.4 Å². The van der Waals surface area contributed by atoms with Crippen LogP contribution in [0.3, 0.4) is 0 Å². The number of rotatable bonds is 8. The molecule has 108 valence electrons. The topological polar surface area (TPSA) is 75.7 Å². The maximum Gasteiger partial charge on any atom is 0.305 e. The van der Waals surface area contributed by atoms with Crippen molar-refractivity contribution in [2.24, 2.45) is 0 Å². The van der Waals surface area contributed by atoms with E-state index >= 15 is 0 Å². The zero-order valence-electron chi connectivity index (χ0n) is 11.1. The average molecular weight is 288 g/mol. The first kappa shape index (κ1) is 15.8. The Morgan fingerprint density at radius 2 is 2.21 bits per heavy atom. The zero-order chi connectivity index (χ0) is 14.1. The Labute approximate surface area is 117 Å². The summed E-state index contributed by atoms with van der Waals surface area (Å²) in [6.07, 6.45) is 1.20. The van der Waals surface area contributed by atoms with Gasteiger partial charge in [-0.05, 0) is 13.3 Å². The number of hydrogen-bond donors (Lipinski definition) is 1. The number of amides is 2. The van der Waals surface area contributed by atoms with E-state index < -0.39 is 0 Å². The van der Waals surface area contributed by atoms with Crippen molar-refractivity contribution in [2.45, 2.75) is 26.2 Å². The molecule has 2 amide bonds. The van der Waals surface area contributed by atoms with Crippen LogP contribution in [0.25, 0.3) is 0 Å². The monoisotopic (exact) mass is 288 g/mol. The highest BCUT2D eigenvalue weighted by atomic mass is 32.2. The second-order valence-electron chi connectivity index (χ2n) is 4.11. The first-order valence-electron chi connectivity index (χ1n) is 6.47. The lowest BCUT2D eigenvalue weighted by atomic mass is 10.3. The molecule has 1 N–H and O–H groups in total. The second-order valence-corrected chi connectivity index (χ2v) is 5.16. The molecule has 0 aliphatic carbocycles. The van der Waals surface area contributed by atoms with Crippen molar-refractivity contribution in [1.82, 2.24) is 10.2 Å². The average Bonchev–Trinajstić information content (AvgIpc) is 2.78. The highest BCUT2D eigenvalue weighted by Gasteiger charge is 2.21. The van der Waals surface area contributed by atoms with Crippen LogP contribution >= 0.6 is 11.8 Å². The number of hydrogen-bond acceptors (Lipinski definition) is 5. The third-order valence-corrected chi connectivity index (χ3v) is 3.53. The molecule has 0 aromatic rings. The molecule has 6 nitrogen and oxygen atoms in total. The summed E-state index contributed by atoms with van der Waals surface area (Å²) in [6, 6.07) is 0. The molecule has 7 heteroatoms. The lowest BCUT2D eigenvalue weighted by Gasteiger charge is -2.13. The molecule has 0 aromatic heterocycles. The fourth-order valence-electron chi connectivity index (χ4n) is 1.65. The molecule has 0 atom stereocenters. The van der Waals surface area contributed by atoms with Gasteiger partial charge >= 0.3 is 5.97 Å². The van der Waals surface area contributed by atoms with Crippen LogP contribution < -0.4 is 5.32 Å². The highest BCUT2D eigenvalue weighted by molar-refractivity contribution is 8.13. The van der Waals surface area contributed by atoms with Crippen molar-refractivity contribution in [3.8, 4) is 0 Å². The van der Waals surface area contributed by atoms with Crippen LogP contribution in [-0.4, -0.2) is 54.0 Å². The summed E-state index contributed by atoms with van der Waals surface area (Å²) in [5, 5.41) is 2.78. The molecule has 1 fully saturated rings. The molecule has 0 radical (unpaired) electrons. The number of nitrogens with zero attached hydrogens (tertiary/aromatic N) is 1. The summed E-state index contributed by atoms with van der Waals surface area (Å²) in [7, 11) is 0. The van der Waals surface area contributed by atoms with E-state index in [0.29, 0.717) is 39.0 Å². The van der Waals surface area contributed by atoms with Gasteiger partial charge in [-0.2, -0.15) is 0 Å². The molecule has 1 rings (SSSR count). The van der Waals surface area contributed by atoms with Crippen molar-refractivity contribution >= 4 is 28.9 Å². The maximum absolute atomic E-state index is 11.5. The van der Waals surface area contributed by atoms with Crippen LogP contribution in [0, 0.1) is 0 Å². The third-order valence-electron chi connectivity index (χ3n) is 2.64. The Morgan fingerprint density at radius 3 is 2.84 bits per heavy atom. The van der Waals surface area contributed by atoms with Gasteiger partial charge in [0.05, 0.1) is 6.61 Å². The molecule has 0 spiro atoms. The number of thioether (sulfide) groups is 1. The number of nitrogens with one attached hydrogen (secondary N) is 1. The van der Waals surface area contributed by atoms with Crippen LogP contribution in [0.15, 0.2) is 0 Å². The van der Waals surface area contributed by atoms with Gasteiger partial charge in [-0.15, -0.1) is 0 Å². The van der Waals surface area contributed by atoms with Gasteiger partial charge in [0.1, 0.15) is 0 Å². The third kappa shape index (κ3) is 6.47. The molecule has 0 unspecified atom stereocenters. The van der Waals surface area contributed by atoms with E-state index in [1.54, 1.807) is 11.8 Å². The predicted octanol–water partition coefficient (Wildman–Crippen LogP) is 1.00. The predicted molar refractivity (Wildman–Crippen MR) is 72.9 cm³/mol. The summed E-state index contributed by atoms with van der Waals surface area (Å²) in [5.41, 5.74) is 0. The van der Waals surface area contributed by atoms with Crippen molar-refractivity contribution in [3.63, 3.8) is 0 Å². The summed E-state index contributed by atoms with van der Waals surface area (Å²) in [4.78, 5) is 35.5. The summed E-state index contributed by atoms with van der Waals surface area (Å²) in [5.74, 6) is 0.477. The lowest BCUT2D eigenvalue weighted by Crippen LogP contribution is -2.31. The molecule has 19 heavy (non-hydrogen) atoms. The van der Waals surface area contributed by atoms with Gasteiger partial charge in [-0.25, -0.2) is 0 Å². The van der Waals surface area contributed by atoms with Gasteiger partial charge < -0.3 is 15.0 Å². The first-order chi connectivity index (χ1) is 9.13. The number of ether oxygens (including phenoxy) is 1. The van der Waals surface area contributed by atoms with Crippen molar-refractivity contribution < 1.29 is 19.1 Å². The van der Waals surface area contributed by atoms with E-state index in [1.165, 1.54) is 11.8 Å². The smallest absolute Gasteiger partial charge is 0.305 e. The van der Waals surface area contributed by atoms with Crippen molar-refractivity contribution in [1.29, 1.82) is 0 Å². The fraction of sp³-hybridized carbons (Fsp3) is 0.750. The first-order valence-corrected chi connectivity index (χ1v) is 7.46. The Morgan fingerprint density at radius 1 is 1.42 bits per heavy atom. The molecular weight excluding hydrogens is 268 g/mol. The molecular formula is C12H20N2O4S. The molecule has 1 saturated heterocycles. The van der Waals surface area contributed by atoms with Crippen LogP contribution in [0.4, 0.5) is 4.79 Å². The largest absolute Gasteiger partial charge is 0.466 e. The number of carbonyl (C=O) groups is 3. The van der Waals surface area contributed by atoms with Gasteiger partial charge in [0, 0.05) is 38.2 Å². The van der Waals surface area contributed by atoms with E-state index in [1.807, 2.05) is 0 Å².